The first-order valence-electron chi connectivity index (χ1n) is 20.2. The number of halogens is 1. The third kappa shape index (κ3) is 11.8. The number of fused-ring (bicyclic) bond motifs is 1. The second kappa shape index (κ2) is 21.9. The second-order valence-corrected chi connectivity index (χ2v) is 15.7. The molecule has 318 valence electrons. The molecule has 0 aliphatic carbocycles. The number of nitro groups is 1. The van der Waals surface area contributed by atoms with Crippen molar-refractivity contribution in [3.8, 4) is 28.7 Å². The molecule has 0 bridgehead atoms. The second-order valence-electron chi connectivity index (χ2n) is 14.3. The molecule has 0 aliphatic rings. The van der Waals surface area contributed by atoms with Crippen LogP contribution in [0.4, 0.5) is 21.9 Å². The van der Waals surface area contributed by atoms with Gasteiger partial charge in [-0.1, -0.05) is 112 Å². The summed E-state index contributed by atoms with van der Waals surface area (Å²) in [5.74, 6) is -0.161. The average molecular weight is 867 g/mol. The van der Waals surface area contributed by atoms with E-state index in [1.54, 1.807) is 73.1 Å². The Labute approximate surface area is 362 Å². The number of hydrogen-bond acceptors (Lipinski definition) is 12. The molecule has 61 heavy (non-hydrogen) atoms. The quantitative estimate of drug-likeness (QED) is 0.0302. The van der Waals surface area contributed by atoms with Crippen LogP contribution in [0.15, 0.2) is 101 Å². The van der Waals surface area contributed by atoms with Gasteiger partial charge >= 0.3 is 11.8 Å². The van der Waals surface area contributed by atoms with E-state index < -0.39 is 22.6 Å². The lowest BCUT2D eigenvalue weighted by Gasteiger charge is -2.24. The summed E-state index contributed by atoms with van der Waals surface area (Å²) in [5.41, 5.74) is 1.59. The van der Waals surface area contributed by atoms with Crippen LogP contribution in [-0.4, -0.2) is 50.9 Å². The van der Waals surface area contributed by atoms with E-state index in [1.807, 2.05) is 0 Å². The van der Waals surface area contributed by atoms with E-state index in [9.17, 15) is 24.8 Å². The monoisotopic (exact) mass is 866 g/mol. The number of ether oxygens (including phenoxy) is 2. The van der Waals surface area contributed by atoms with Crippen LogP contribution in [-0.2, 0) is 5.75 Å². The van der Waals surface area contributed by atoms with Crippen LogP contribution in [0.3, 0.4) is 0 Å². The summed E-state index contributed by atoms with van der Waals surface area (Å²) in [7, 11) is 1.46. The molecule has 2 heterocycles. The highest BCUT2D eigenvalue weighted by Crippen LogP contribution is 2.38. The van der Waals surface area contributed by atoms with Crippen molar-refractivity contribution in [1.29, 1.82) is 0 Å². The van der Waals surface area contributed by atoms with Gasteiger partial charge in [0.15, 0.2) is 0 Å². The van der Waals surface area contributed by atoms with Crippen molar-refractivity contribution >= 4 is 63.2 Å². The first kappa shape index (κ1) is 44.4. The fraction of sp³-hybridized carbons (Fsp3) is 0.311. The van der Waals surface area contributed by atoms with Gasteiger partial charge in [-0.05, 0) is 60.5 Å². The van der Waals surface area contributed by atoms with Crippen molar-refractivity contribution in [3.05, 3.63) is 118 Å². The standard InChI is InChI=1S/C45H47ClN6O8S/c1-3-4-5-6-7-8-9-10-11-12-26-51(37-15-13-14-34-33(37)18-19-35(41(34)53)42(54)48-36-28-32(46)17-21-39(36)58-2)45(55)59-40-20-16-30(27-38(40)52(56)57)29-61-44-50-49-43(60-44)31-22-24-47-25-23-31/h13-25,27-28,53H,3-12,26,29H2,1-2H3,(H,48,54). The summed E-state index contributed by atoms with van der Waals surface area (Å²) in [6, 6.07) is 20.8. The summed E-state index contributed by atoms with van der Waals surface area (Å²) >= 11 is 7.37. The van der Waals surface area contributed by atoms with Gasteiger partial charge < -0.3 is 24.3 Å². The van der Waals surface area contributed by atoms with Crippen LogP contribution in [0.5, 0.6) is 17.2 Å². The van der Waals surface area contributed by atoms with Gasteiger partial charge in [-0.3, -0.25) is 24.8 Å². The van der Waals surface area contributed by atoms with E-state index in [2.05, 4.69) is 27.4 Å². The molecular weight excluding hydrogens is 820 g/mol. The molecule has 2 N–H and O–H groups in total. The summed E-state index contributed by atoms with van der Waals surface area (Å²) in [6.07, 6.45) is 13.3. The minimum atomic E-state index is -0.836. The number of phenols is 1. The molecule has 16 heteroatoms. The molecule has 0 unspecified atom stereocenters. The van der Waals surface area contributed by atoms with Crippen molar-refractivity contribution in [3.63, 3.8) is 0 Å². The number of thioether (sulfide) groups is 1. The van der Waals surface area contributed by atoms with Gasteiger partial charge in [-0.25, -0.2) is 4.79 Å². The Hall–Kier alpha value is -6.19. The predicted octanol–water partition coefficient (Wildman–Crippen LogP) is 12.0. The molecular formula is C45H47ClN6O8S. The number of pyridine rings is 1. The van der Waals surface area contributed by atoms with Crippen molar-refractivity contribution < 1.29 is 33.5 Å². The van der Waals surface area contributed by atoms with Crippen LogP contribution in [0.1, 0.15) is 87.1 Å². The number of aromatic nitrogens is 3. The molecule has 6 rings (SSSR count). The third-order valence-electron chi connectivity index (χ3n) is 10.0. The number of carbonyl (C=O) groups excluding carboxylic acids is 2. The van der Waals surface area contributed by atoms with Gasteiger partial charge in [0.2, 0.25) is 11.6 Å². The molecule has 0 aliphatic heterocycles. The molecule has 2 aromatic heterocycles. The van der Waals surface area contributed by atoms with Crippen LogP contribution >= 0.6 is 23.4 Å². The Balaban J connectivity index is 1.21. The minimum absolute atomic E-state index is 0.0161. The molecule has 0 atom stereocenters. The van der Waals surface area contributed by atoms with Gasteiger partial charge in [0, 0.05) is 52.1 Å². The number of nitro benzene ring substituents is 1. The predicted molar refractivity (Wildman–Crippen MR) is 237 cm³/mol. The average Bonchev–Trinajstić information content (AvgIpc) is 3.75. The van der Waals surface area contributed by atoms with E-state index >= 15 is 0 Å². The molecule has 0 saturated carbocycles. The summed E-state index contributed by atoms with van der Waals surface area (Å²) in [6.45, 7) is 2.44. The number of anilines is 2. The fourth-order valence-electron chi connectivity index (χ4n) is 6.83. The largest absolute Gasteiger partial charge is 0.506 e. The van der Waals surface area contributed by atoms with Crippen molar-refractivity contribution in [1.82, 2.24) is 15.2 Å². The number of amides is 2. The van der Waals surface area contributed by atoms with E-state index in [-0.39, 0.29) is 34.6 Å². The van der Waals surface area contributed by atoms with Crippen molar-refractivity contribution in [2.75, 3.05) is 23.9 Å². The first-order chi connectivity index (χ1) is 29.7. The zero-order valence-electron chi connectivity index (χ0n) is 34.0. The Kier molecular flexibility index (Phi) is 15.9. The lowest BCUT2D eigenvalue weighted by atomic mass is 10.0. The maximum atomic E-state index is 14.2. The van der Waals surface area contributed by atoms with Gasteiger partial charge in [-0.15, -0.1) is 10.2 Å². The van der Waals surface area contributed by atoms with Gasteiger partial charge in [0.25, 0.3) is 11.1 Å². The van der Waals surface area contributed by atoms with E-state index in [1.165, 1.54) is 74.1 Å². The molecule has 4 aromatic carbocycles. The number of unbranched alkanes of at least 4 members (excludes halogenated alkanes) is 9. The summed E-state index contributed by atoms with van der Waals surface area (Å²) in [5, 5.41) is 36.1. The number of phenolic OH excluding ortho intramolecular Hbond substituents is 1. The molecule has 0 fully saturated rings. The topological polar surface area (TPSA) is 183 Å². The Bertz CT molecular complexity index is 2450. The molecule has 0 saturated heterocycles. The van der Waals surface area contributed by atoms with Crippen LogP contribution in [0, 0.1) is 10.1 Å². The van der Waals surface area contributed by atoms with Gasteiger partial charge in [0.1, 0.15) is 11.5 Å². The number of benzene rings is 4. The summed E-state index contributed by atoms with van der Waals surface area (Å²) in [4.78, 5) is 44.8. The maximum absolute atomic E-state index is 14.2. The Morgan fingerprint density at radius 2 is 1.61 bits per heavy atom. The number of methoxy groups -OCH3 is 1. The minimum Gasteiger partial charge on any atom is -0.506 e. The highest BCUT2D eigenvalue weighted by Gasteiger charge is 2.26. The molecule has 2 amide bonds. The number of carbonyl (C=O) groups is 2. The van der Waals surface area contributed by atoms with Crippen molar-refractivity contribution in [2.45, 2.75) is 82.1 Å². The Morgan fingerprint density at radius 1 is 0.885 bits per heavy atom. The third-order valence-corrected chi connectivity index (χ3v) is 11.1. The summed E-state index contributed by atoms with van der Waals surface area (Å²) < 4.78 is 16.9. The number of rotatable bonds is 21. The maximum Gasteiger partial charge on any atom is 0.420 e. The van der Waals surface area contributed by atoms with Gasteiger partial charge in [0.05, 0.1) is 29.0 Å². The van der Waals surface area contributed by atoms with E-state index in [4.69, 9.17) is 25.5 Å². The number of aromatic hydroxyl groups is 1. The first-order valence-corrected chi connectivity index (χ1v) is 21.6. The SMILES string of the molecule is CCCCCCCCCCCCN(C(=O)Oc1ccc(CSc2nnc(-c3ccncc3)o2)cc1[N+](=O)[O-])c1cccc2c(O)c(C(=O)Nc3cc(Cl)ccc3OC)ccc12. The smallest absolute Gasteiger partial charge is 0.420 e. The molecule has 0 spiro atoms. The van der Waals surface area contributed by atoms with Gasteiger partial charge in [-0.2, -0.15) is 0 Å². The zero-order chi connectivity index (χ0) is 43.1. The number of nitrogens with one attached hydrogen (secondary N) is 1. The fourth-order valence-corrected chi connectivity index (χ4v) is 7.71. The normalized spacial score (nSPS) is 11.1. The highest BCUT2D eigenvalue weighted by molar-refractivity contribution is 7.98. The van der Waals surface area contributed by atoms with Crippen LogP contribution in [0.25, 0.3) is 22.2 Å². The number of nitrogens with zero attached hydrogens (tertiary/aromatic N) is 5. The molecule has 6 aromatic rings. The molecule has 0 radical (unpaired) electrons. The van der Waals surface area contributed by atoms with Crippen LogP contribution in [0.2, 0.25) is 5.02 Å². The lowest BCUT2D eigenvalue weighted by Crippen LogP contribution is -2.34. The molecule has 14 nitrogen and oxygen atoms in total. The zero-order valence-corrected chi connectivity index (χ0v) is 35.5. The van der Waals surface area contributed by atoms with E-state index in [0.29, 0.717) is 56.4 Å². The number of hydrogen-bond donors (Lipinski definition) is 2. The Morgan fingerprint density at radius 3 is 2.33 bits per heavy atom. The lowest BCUT2D eigenvalue weighted by molar-refractivity contribution is -0.385. The van der Waals surface area contributed by atoms with E-state index in [0.717, 1.165) is 25.7 Å². The highest BCUT2D eigenvalue weighted by atomic mass is 35.5. The van der Waals surface area contributed by atoms with Crippen LogP contribution < -0.4 is 19.7 Å². The van der Waals surface area contributed by atoms with Crippen molar-refractivity contribution in [2.24, 2.45) is 0 Å².